The van der Waals surface area contributed by atoms with E-state index in [9.17, 15) is 14.4 Å². The summed E-state index contributed by atoms with van der Waals surface area (Å²) in [4.78, 5) is 39.1. The molecule has 0 aliphatic heterocycles. The minimum atomic E-state index is -1.31. The molecule has 0 aliphatic rings. The Morgan fingerprint density at radius 3 is 2.41 bits per heavy atom. The van der Waals surface area contributed by atoms with E-state index in [0.717, 1.165) is 5.56 Å². The Morgan fingerprint density at radius 1 is 1.41 bits per heavy atom. The number of carbonyl (C=O) groups is 3. The van der Waals surface area contributed by atoms with Crippen molar-refractivity contribution in [1.29, 1.82) is 0 Å². The molecule has 0 spiro atoms. The van der Waals surface area contributed by atoms with Gasteiger partial charge < -0.3 is 16.2 Å². The first kappa shape index (κ1) is 17.6. The first-order chi connectivity index (χ1) is 10.1. The number of amides is 2. The number of aromatic nitrogens is 1. The Hall–Kier alpha value is -2.44. The van der Waals surface area contributed by atoms with Crippen LogP contribution in [0.5, 0.6) is 0 Å². The third kappa shape index (κ3) is 3.41. The number of hydrogen-bond acceptors (Lipinski definition) is 4. The van der Waals surface area contributed by atoms with Gasteiger partial charge in [0.05, 0.1) is 5.56 Å². The molecule has 1 unspecified atom stereocenters. The van der Waals surface area contributed by atoms with Crippen LogP contribution in [-0.2, 0) is 11.2 Å². The van der Waals surface area contributed by atoms with Gasteiger partial charge >= 0.3 is 5.97 Å². The second-order valence-corrected chi connectivity index (χ2v) is 5.57. The van der Waals surface area contributed by atoms with Gasteiger partial charge in [-0.2, -0.15) is 0 Å². The molecule has 0 aromatic carbocycles. The molecule has 0 fully saturated rings. The van der Waals surface area contributed by atoms with E-state index >= 15 is 0 Å². The fourth-order valence-electron chi connectivity index (χ4n) is 1.84. The Labute approximate surface area is 128 Å². The van der Waals surface area contributed by atoms with Crippen LogP contribution in [0.3, 0.4) is 0 Å². The summed E-state index contributed by atoms with van der Waals surface area (Å²) in [7, 11) is 0. The second kappa shape index (κ2) is 6.55. The van der Waals surface area contributed by atoms with E-state index in [0.29, 0.717) is 6.42 Å². The molecule has 1 aromatic heterocycles. The molecule has 7 nitrogen and oxygen atoms in total. The summed E-state index contributed by atoms with van der Waals surface area (Å²) >= 11 is 0. The highest BCUT2D eigenvalue weighted by Crippen LogP contribution is 2.18. The molecular formula is C15H21N3O4. The highest BCUT2D eigenvalue weighted by atomic mass is 16.4. The van der Waals surface area contributed by atoms with E-state index < -0.39 is 23.3 Å². The number of rotatable bonds is 6. The Bertz CT molecular complexity index is 613. The van der Waals surface area contributed by atoms with Crippen LogP contribution in [0.25, 0.3) is 0 Å². The largest absolute Gasteiger partial charge is 0.476 e. The third-order valence-corrected chi connectivity index (χ3v) is 3.84. The number of nitrogens with one attached hydrogen (secondary N) is 1. The van der Waals surface area contributed by atoms with Gasteiger partial charge in [-0.05, 0) is 30.9 Å². The van der Waals surface area contributed by atoms with Crippen LogP contribution >= 0.6 is 0 Å². The molecule has 4 N–H and O–H groups in total. The lowest BCUT2D eigenvalue weighted by Gasteiger charge is -2.31. The minimum absolute atomic E-state index is 0.0834. The van der Waals surface area contributed by atoms with Gasteiger partial charge in [0.15, 0.2) is 5.69 Å². The second-order valence-electron chi connectivity index (χ2n) is 5.57. The standard InChI is InChI=1S/C15H21N3O4/c1-5-9-6-10(11(13(20)21)17-7-9)12(19)18-15(4,8(2)3)14(16)22/h6-8H,5H2,1-4H3,(H2,16,22)(H,18,19)(H,20,21). The molecule has 7 heteroatoms. The Kier molecular flexibility index (Phi) is 5.24. The van der Waals surface area contributed by atoms with Crippen LogP contribution in [0.4, 0.5) is 0 Å². The van der Waals surface area contributed by atoms with Crippen LogP contribution in [0.15, 0.2) is 12.3 Å². The third-order valence-electron chi connectivity index (χ3n) is 3.84. The first-order valence-corrected chi connectivity index (χ1v) is 6.98. The molecule has 0 saturated carbocycles. The molecule has 120 valence electrons. The summed E-state index contributed by atoms with van der Waals surface area (Å²) in [6.45, 7) is 6.85. The summed E-state index contributed by atoms with van der Waals surface area (Å²) in [5.41, 5.74) is 4.37. The van der Waals surface area contributed by atoms with Crippen molar-refractivity contribution < 1.29 is 19.5 Å². The zero-order valence-corrected chi connectivity index (χ0v) is 13.1. The molecular weight excluding hydrogens is 286 g/mol. The van der Waals surface area contributed by atoms with Crippen molar-refractivity contribution in [3.8, 4) is 0 Å². The minimum Gasteiger partial charge on any atom is -0.476 e. The smallest absolute Gasteiger partial charge is 0.355 e. The predicted octanol–water partition coefficient (Wildman–Crippen LogP) is 0.972. The van der Waals surface area contributed by atoms with Gasteiger partial charge in [0, 0.05) is 6.20 Å². The van der Waals surface area contributed by atoms with E-state index in [2.05, 4.69) is 10.3 Å². The van der Waals surface area contributed by atoms with Crippen molar-refractivity contribution in [2.45, 2.75) is 39.7 Å². The van der Waals surface area contributed by atoms with E-state index in [4.69, 9.17) is 10.8 Å². The zero-order valence-electron chi connectivity index (χ0n) is 13.1. The van der Waals surface area contributed by atoms with Gasteiger partial charge in [0.25, 0.3) is 5.91 Å². The molecule has 1 rings (SSSR count). The van der Waals surface area contributed by atoms with E-state index in [-0.39, 0.29) is 17.2 Å². The van der Waals surface area contributed by atoms with Gasteiger partial charge in [-0.25, -0.2) is 9.78 Å². The number of primary amides is 1. The van der Waals surface area contributed by atoms with Crippen molar-refractivity contribution in [2.24, 2.45) is 11.7 Å². The predicted molar refractivity (Wildman–Crippen MR) is 80.5 cm³/mol. The molecule has 1 atom stereocenters. The quantitative estimate of drug-likeness (QED) is 0.722. The first-order valence-electron chi connectivity index (χ1n) is 6.98. The molecule has 2 amide bonds. The number of aromatic carboxylic acids is 1. The highest BCUT2D eigenvalue weighted by molar-refractivity contribution is 6.05. The number of nitrogens with two attached hydrogens (primary N) is 1. The number of nitrogens with zero attached hydrogens (tertiary/aromatic N) is 1. The average molecular weight is 307 g/mol. The normalized spacial score (nSPS) is 13.5. The van der Waals surface area contributed by atoms with Crippen molar-refractivity contribution in [3.63, 3.8) is 0 Å². The molecule has 0 aliphatic carbocycles. The van der Waals surface area contributed by atoms with Gasteiger partial charge in [-0.3, -0.25) is 9.59 Å². The Balaban J connectivity index is 3.27. The zero-order chi connectivity index (χ0) is 17.1. The number of carboxylic acids is 1. The maximum Gasteiger partial charge on any atom is 0.355 e. The fraction of sp³-hybridized carbons (Fsp3) is 0.467. The van der Waals surface area contributed by atoms with Crippen LogP contribution in [0.1, 0.15) is 54.1 Å². The van der Waals surface area contributed by atoms with E-state index in [1.54, 1.807) is 13.8 Å². The molecule has 1 heterocycles. The summed E-state index contributed by atoms with van der Waals surface area (Å²) in [6.07, 6.45) is 2.01. The van der Waals surface area contributed by atoms with Crippen LogP contribution in [0, 0.1) is 5.92 Å². The maximum atomic E-state index is 12.4. The monoisotopic (exact) mass is 307 g/mol. The lowest BCUT2D eigenvalue weighted by molar-refractivity contribution is -0.125. The van der Waals surface area contributed by atoms with Gasteiger partial charge in [0.2, 0.25) is 5.91 Å². The highest BCUT2D eigenvalue weighted by Gasteiger charge is 2.37. The van der Waals surface area contributed by atoms with E-state index in [1.807, 2.05) is 6.92 Å². The van der Waals surface area contributed by atoms with Crippen molar-refractivity contribution in [3.05, 3.63) is 29.1 Å². The lowest BCUT2D eigenvalue weighted by atomic mass is 9.87. The number of carboxylic acid groups (broad SMARTS) is 1. The summed E-state index contributed by atoms with van der Waals surface area (Å²) in [5, 5.41) is 11.7. The maximum absolute atomic E-state index is 12.4. The van der Waals surface area contributed by atoms with Crippen LogP contribution in [0.2, 0.25) is 0 Å². The van der Waals surface area contributed by atoms with Crippen molar-refractivity contribution >= 4 is 17.8 Å². The molecule has 1 aromatic rings. The molecule has 0 saturated heterocycles. The van der Waals surface area contributed by atoms with Gasteiger partial charge in [0.1, 0.15) is 5.54 Å². The average Bonchev–Trinajstić information content (AvgIpc) is 2.45. The topological polar surface area (TPSA) is 122 Å². The van der Waals surface area contributed by atoms with Crippen molar-refractivity contribution in [2.75, 3.05) is 0 Å². The summed E-state index contributed by atoms with van der Waals surface area (Å²) in [6, 6.07) is 1.47. The number of aryl methyl sites for hydroxylation is 1. The number of carbonyl (C=O) groups excluding carboxylic acids is 2. The molecule has 0 bridgehead atoms. The molecule has 0 radical (unpaired) electrons. The lowest BCUT2D eigenvalue weighted by Crippen LogP contribution is -2.58. The van der Waals surface area contributed by atoms with Crippen LogP contribution < -0.4 is 11.1 Å². The van der Waals surface area contributed by atoms with Crippen molar-refractivity contribution in [1.82, 2.24) is 10.3 Å². The van der Waals surface area contributed by atoms with E-state index in [1.165, 1.54) is 19.2 Å². The van der Waals surface area contributed by atoms with Gasteiger partial charge in [-0.15, -0.1) is 0 Å². The SMILES string of the molecule is CCc1cnc(C(=O)O)c(C(=O)NC(C)(C(N)=O)C(C)C)c1. The Morgan fingerprint density at radius 2 is 2.00 bits per heavy atom. The number of hydrogen-bond donors (Lipinski definition) is 3. The van der Waals surface area contributed by atoms with Crippen LogP contribution in [-0.4, -0.2) is 33.4 Å². The molecule has 22 heavy (non-hydrogen) atoms. The summed E-state index contributed by atoms with van der Waals surface area (Å²) in [5.74, 6) is -2.94. The van der Waals surface area contributed by atoms with Gasteiger partial charge in [-0.1, -0.05) is 20.8 Å². The number of pyridine rings is 1. The fourth-order valence-corrected chi connectivity index (χ4v) is 1.84. The summed E-state index contributed by atoms with van der Waals surface area (Å²) < 4.78 is 0.